The Morgan fingerprint density at radius 2 is 2.12 bits per heavy atom. The molecule has 0 radical (unpaired) electrons. The second-order valence-electron chi connectivity index (χ2n) is 3.57. The van der Waals surface area contributed by atoms with Crippen LogP contribution in [0.25, 0.3) is 0 Å². The third-order valence-electron chi connectivity index (χ3n) is 2.17. The lowest BCUT2D eigenvalue weighted by molar-refractivity contribution is 0.0951. The first-order valence-electron chi connectivity index (χ1n) is 5.10. The number of aromatic nitrogens is 1. The third-order valence-corrected chi connectivity index (χ3v) is 3.86. The molecule has 2 aromatic rings. The van der Waals surface area contributed by atoms with E-state index in [4.69, 9.17) is 0 Å². The highest BCUT2D eigenvalue weighted by molar-refractivity contribution is 14.1. The van der Waals surface area contributed by atoms with E-state index in [1.54, 1.807) is 11.3 Å². The van der Waals surface area contributed by atoms with Crippen LogP contribution in [0.3, 0.4) is 0 Å². The number of carbonyl (C=O) groups excluding carboxylic acids is 1. The zero-order valence-electron chi connectivity index (χ0n) is 9.24. The Kier molecular flexibility index (Phi) is 4.11. The van der Waals surface area contributed by atoms with Gasteiger partial charge in [0.2, 0.25) is 0 Å². The average molecular weight is 358 g/mol. The summed E-state index contributed by atoms with van der Waals surface area (Å²) in [4.78, 5) is 16.1. The molecular formula is C12H11IN2OS. The van der Waals surface area contributed by atoms with Gasteiger partial charge >= 0.3 is 0 Å². The van der Waals surface area contributed by atoms with E-state index in [1.807, 2.05) is 36.6 Å². The molecule has 1 amide bonds. The molecule has 0 saturated heterocycles. The molecule has 3 nitrogen and oxygen atoms in total. The Bertz CT molecular complexity index is 522. The predicted molar refractivity (Wildman–Crippen MR) is 77.2 cm³/mol. The van der Waals surface area contributed by atoms with Crippen molar-refractivity contribution in [3.05, 3.63) is 49.5 Å². The molecule has 17 heavy (non-hydrogen) atoms. The topological polar surface area (TPSA) is 42.0 Å². The van der Waals surface area contributed by atoms with Crippen molar-refractivity contribution in [1.29, 1.82) is 0 Å². The highest BCUT2D eigenvalue weighted by atomic mass is 127. The van der Waals surface area contributed by atoms with Crippen LogP contribution < -0.4 is 5.32 Å². The molecule has 1 heterocycles. The SMILES string of the molecule is Cc1csc(CNC(=O)c2ccc(I)cc2)n1. The normalized spacial score (nSPS) is 10.2. The molecule has 0 spiro atoms. The second-order valence-corrected chi connectivity index (χ2v) is 5.76. The van der Waals surface area contributed by atoms with Gasteiger partial charge in [-0.2, -0.15) is 0 Å². The van der Waals surface area contributed by atoms with E-state index in [0.29, 0.717) is 12.1 Å². The summed E-state index contributed by atoms with van der Waals surface area (Å²) >= 11 is 3.78. The zero-order valence-corrected chi connectivity index (χ0v) is 12.2. The Hall–Kier alpha value is -0.950. The van der Waals surface area contributed by atoms with Crippen LogP contribution in [-0.4, -0.2) is 10.9 Å². The average Bonchev–Trinajstić information content (AvgIpc) is 2.73. The number of hydrogen-bond acceptors (Lipinski definition) is 3. The number of nitrogens with zero attached hydrogens (tertiary/aromatic N) is 1. The summed E-state index contributed by atoms with van der Waals surface area (Å²) in [5.41, 5.74) is 1.67. The molecule has 0 fully saturated rings. The minimum atomic E-state index is -0.0609. The van der Waals surface area contributed by atoms with Crippen molar-refractivity contribution in [2.75, 3.05) is 0 Å². The summed E-state index contributed by atoms with van der Waals surface area (Å²) in [7, 11) is 0. The molecule has 0 bridgehead atoms. The molecule has 0 aliphatic heterocycles. The monoisotopic (exact) mass is 358 g/mol. The minimum Gasteiger partial charge on any atom is -0.346 e. The molecule has 2 rings (SSSR count). The van der Waals surface area contributed by atoms with Crippen molar-refractivity contribution in [2.24, 2.45) is 0 Å². The quantitative estimate of drug-likeness (QED) is 0.858. The van der Waals surface area contributed by atoms with Gasteiger partial charge in [0, 0.05) is 20.2 Å². The summed E-state index contributed by atoms with van der Waals surface area (Å²) in [6, 6.07) is 7.49. The van der Waals surface area contributed by atoms with Crippen molar-refractivity contribution in [3.8, 4) is 0 Å². The Morgan fingerprint density at radius 1 is 1.41 bits per heavy atom. The van der Waals surface area contributed by atoms with Gasteiger partial charge in [-0.3, -0.25) is 4.79 Å². The Labute approximate surface area is 117 Å². The molecule has 1 N–H and O–H groups in total. The summed E-state index contributed by atoms with van der Waals surface area (Å²) < 4.78 is 1.12. The maximum absolute atomic E-state index is 11.8. The maximum Gasteiger partial charge on any atom is 0.251 e. The standard InChI is InChI=1S/C12H11IN2OS/c1-8-7-17-11(15-8)6-14-12(16)9-2-4-10(13)5-3-9/h2-5,7H,6H2,1H3,(H,14,16). The van der Waals surface area contributed by atoms with Gasteiger partial charge in [-0.15, -0.1) is 11.3 Å². The molecular weight excluding hydrogens is 347 g/mol. The highest BCUT2D eigenvalue weighted by Crippen LogP contribution is 2.09. The largest absolute Gasteiger partial charge is 0.346 e. The van der Waals surface area contributed by atoms with Crippen molar-refractivity contribution in [3.63, 3.8) is 0 Å². The second kappa shape index (κ2) is 5.59. The van der Waals surface area contributed by atoms with E-state index >= 15 is 0 Å². The van der Waals surface area contributed by atoms with Crippen LogP contribution in [0.2, 0.25) is 0 Å². The van der Waals surface area contributed by atoms with Crippen molar-refractivity contribution >= 4 is 39.8 Å². The van der Waals surface area contributed by atoms with Crippen LogP contribution >= 0.6 is 33.9 Å². The van der Waals surface area contributed by atoms with Crippen LogP contribution in [0.1, 0.15) is 21.1 Å². The number of thiazole rings is 1. The van der Waals surface area contributed by atoms with E-state index in [2.05, 4.69) is 32.9 Å². The molecule has 0 atom stereocenters. The number of nitrogens with one attached hydrogen (secondary N) is 1. The molecule has 5 heteroatoms. The smallest absolute Gasteiger partial charge is 0.251 e. The summed E-state index contributed by atoms with van der Waals surface area (Å²) in [5, 5.41) is 5.76. The first-order valence-corrected chi connectivity index (χ1v) is 7.06. The van der Waals surface area contributed by atoms with Gasteiger partial charge in [0.05, 0.1) is 6.54 Å². The van der Waals surface area contributed by atoms with E-state index in [0.717, 1.165) is 14.3 Å². The van der Waals surface area contributed by atoms with Crippen molar-refractivity contribution in [1.82, 2.24) is 10.3 Å². The fourth-order valence-corrected chi connectivity index (χ4v) is 2.41. The number of amides is 1. The number of benzene rings is 1. The molecule has 1 aromatic heterocycles. The van der Waals surface area contributed by atoms with Crippen LogP contribution in [0.5, 0.6) is 0 Å². The molecule has 0 saturated carbocycles. The number of rotatable bonds is 3. The van der Waals surface area contributed by atoms with Gasteiger partial charge in [-0.05, 0) is 53.8 Å². The van der Waals surface area contributed by atoms with Crippen molar-refractivity contribution in [2.45, 2.75) is 13.5 Å². The van der Waals surface area contributed by atoms with Crippen LogP contribution in [0.4, 0.5) is 0 Å². The van der Waals surface area contributed by atoms with Gasteiger partial charge in [0.15, 0.2) is 0 Å². The highest BCUT2D eigenvalue weighted by Gasteiger charge is 2.06. The van der Waals surface area contributed by atoms with Gasteiger partial charge < -0.3 is 5.32 Å². The molecule has 0 aliphatic carbocycles. The van der Waals surface area contributed by atoms with Gasteiger partial charge in [0.25, 0.3) is 5.91 Å². The first-order chi connectivity index (χ1) is 8.15. The molecule has 0 unspecified atom stereocenters. The number of aryl methyl sites for hydroxylation is 1. The summed E-state index contributed by atoms with van der Waals surface area (Å²) in [6.45, 7) is 2.43. The lowest BCUT2D eigenvalue weighted by atomic mass is 10.2. The third kappa shape index (κ3) is 3.50. The molecule has 1 aromatic carbocycles. The summed E-state index contributed by atoms with van der Waals surface area (Å²) in [5.74, 6) is -0.0609. The Balaban J connectivity index is 1.95. The zero-order chi connectivity index (χ0) is 12.3. The van der Waals surface area contributed by atoms with Gasteiger partial charge in [-0.1, -0.05) is 0 Å². The molecule has 0 aliphatic rings. The van der Waals surface area contributed by atoms with Crippen molar-refractivity contribution < 1.29 is 4.79 Å². The predicted octanol–water partition coefficient (Wildman–Crippen LogP) is 2.99. The lowest BCUT2D eigenvalue weighted by Crippen LogP contribution is -2.22. The summed E-state index contributed by atoms with van der Waals surface area (Å²) in [6.07, 6.45) is 0. The fraction of sp³-hybridized carbons (Fsp3) is 0.167. The van der Waals surface area contributed by atoms with Crippen LogP contribution in [0, 0.1) is 10.5 Å². The van der Waals surface area contributed by atoms with E-state index in [-0.39, 0.29) is 5.91 Å². The van der Waals surface area contributed by atoms with Crippen LogP contribution in [-0.2, 0) is 6.54 Å². The Morgan fingerprint density at radius 3 is 2.71 bits per heavy atom. The van der Waals surface area contributed by atoms with Gasteiger partial charge in [0.1, 0.15) is 5.01 Å². The fourth-order valence-electron chi connectivity index (χ4n) is 1.34. The number of halogens is 1. The van der Waals surface area contributed by atoms with E-state index < -0.39 is 0 Å². The maximum atomic E-state index is 11.8. The van der Waals surface area contributed by atoms with Crippen LogP contribution in [0.15, 0.2) is 29.6 Å². The van der Waals surface area contributed by atoms with E-state index in [1.165, 1.54) is 0 Å². The lowest BCUT2D eigenvalue weighted by Gasteiger charge is -2.03. The number of hydrogen-bond donors (Lipinski definition) is 1. The molecule has 88 valence electrons. The number of carbonyl (C=O) groups is 1. The van der Waals surface area contributed by atoms with E-state index in [9.17, 15) is 4.79 Å². The van der Waals surface area contributed by atoms with Gasteiger partial charge in [-0.25, -0.2) is 4.98 Å². The first kappa shape index (κ1) is 12.5. The minimum absolute atomic E-state index is 0.0609.